The third kappa shape index (κ3) is 25.2. The van der Waals surface area contributed by atoms with Gasteiger partial charge in [-0.3, -0.25) is 0 Å². The zero-order valence-electron chi connectivity index (χ0n) is 47.6. The zero-order chi connectivity index (χ0) is 70.8. The van der Waals surface area contributed by atoms with Crippen LogP contribution in [0.2, 0.25) is 0 Å². The fraction of sp³-hybridized carbons (Fsp3) is 0.556. The predicted molar refractivity (Wildman–Crippen MR) is 267 cm³/mol. The van der Waals surface area contributed by atoms with Gasteiger partial charge in [-0.25, -0.2) is 18.9 Å². The van der Waals surface area contributed by atoms with Crippen molar-refractivity contribution in [3.8, 4) is 23.0 Å². The molecule has 18 nitrogen and oxygen atoms in total. The number of hydrogen-bond acceptors (Lipinski definition) is 18. The molecule has 0 aromatic heterocycles. The monoisotopic (exact) mass is 1410 g/mol. The van der Waals surface area contributed by atoms with E-state index in [9.17, 15) is 127 Å². The summed E-state index contributed by atoms with van der Waals surface area (Å²) < 4.78 is 360. The largest absolute Gasteiger partial charge is 0.508 e. The number of ether oxygens (including phenoxy) is 12. The molecule has 0 spiro atoms. The van der Waals surface area contributed by atoms with Crippen LogP contribution in [0.25, 0.3) is 0 Å². The third-order valence-corrected chi connectivity index (χ3v) is 11.6. The number of hydrogen-bond donors (Lipinski definition) is 6. The maximum atomic E-state index is 14.5. The van der Waals surface area contributed by atoms with Gasteiger partial charge in [0.05, 0.1) is 39.6 Å². The summed E-state index contributed by atoms with van der Waals surface area (Å²) >= 11 is 0. The summed E-state index contributed by atoms with van der Waals surface area (Å²) in [6.07, 6.45) is -59.9. The maximum absolute atomic E-state index is 14.5. The van der Waals surface area contributed by atoms with Crippen LogP contribution in [0.5, 0.6) is 23.0 Å². The second-order valence-corrected chi connectivity index (χ2v) is 19.8. The van der Waals surface area contributed by atoms with E-state index in [1.54, 1.807) is 0 Å². The summed E-state index contributed by atoms with van der Waals surface area (Å²) in [7, 11) is 0. The van der Waals surface area contributed by atoms with E-state index in [0.717, 1.165) is 48.5 Å². The van der Waals surface area contributed by atoms with E-state index in [1.165, 1.54) is 48.5 Å². The van der Waals surface area contributed by atoms with Gasteiger partial charge in [0.15, 0.2) is 12.6 Å². The van der Waals surface area contributed by atoms with Gasteiger partial charge < -0.3 is 68.5 Å². The van der Waals surface area contributed by atoms with Crippen LogP contribution in [0.4, 0.5) is 96.6 Å². The highest BCUT2D eigenvalue weighted by Crippen LogP contribution is 2.52. The molecule has 0 aliphatic heterocycles. The van der Waals surface area contributed by atoms with Gasteiger partial charge in [-0.1, -0.05) is 48.5 Å². The van der Waals surface area contributed by atoms with Crippen molar-refractivity contribution in [3.63, 3.8) is 0 Å². The number of rotatable bonds is 45. The first-order chi connectivity index (χ1) is 43.2. The molecule has 4 atom stereocenters. The average Bonchev–Trinajstić information content (AvgIpc) is 0.755. The smallest absolute Gasteiger partial charge is 0.453 e. The van der Waals surface area contributed by atoms with E-state index in [4.69, 9.17) is 18.9 Å². The Balaban J connectivity index is 1.14. The first kappa shape index (κ1) is 80.4. The summed E-state index contributed by atoms with van der Waals surface area (Å²) in [5.41, 5.74) is -0.0341. The molecule has 94 heavy (non-hydrogen) atoms. The van der Waals surface area contributed by atoms with Gasteiger partial charge in [0.25, 0.3) is 0 Å². The molecule has 0 aliphatic carbocycles. The lowest BCUT2D eigenvalue weighted by atomic mass is 10.1. The molecule has 4 aromatic carbocycles. The van der Waals surface area contributed by atoms with Crippen molar-refractivity contribution in [1.82, 2.24) is 0 Å². The topological polar surface area (TPSA) is 232 Å². The quantitative estimate of drug-likeness (QED) is 0.0178. The number of aromatic hydroxyl groups is 2. The lowest BCUT2D eigenvalue weighted by molar-refractivity contribution is -0.537. The fourth-order valence-electron chi connectivity index (χ4n) is 6.94. The van der Waals surface area contributed by atoms with Crippen LogP contribution in [-0.4, -0.2) is 175 Å². The van der Waals surface area contributed by atoms with Crippen LogP contribution in [0.1, 0.15) is 41.5 Å². The fourth-order valence-corrected chi connectivity index (χ4v) is 6.94. The third-order valence-electron chi connectivity index (χ3n) is 11.6. The van der Waals surface area contributed by atoms with Crippen molar-refractivity contribution in [3.05, 3.63) is 119 Å². The number of aliphatic hydroxyl groups excluding tert-OH is 4. The molecule has 0 saturated carbocycles. The molecule has 4 rings (SSSR count). The Labute approximate surface area is 515 Å². The van der Waals surface area contributed by atoms with Crippen LogP contribution in [0.15, 0.2) is 97.1 Å². The Morgan fingerprint density at radius 2 is 0.670 bits per heavy atom. The molecular weight excluding hydrogens is 1350 g/mol. The highest BCUT2D eigenvalue weighted by atomic mass is 19.4. The van der Waals surface area contributed by atoms with Gasteiger partial charge in [-0.2, -0.15) is 96.6 Å². The summed E-state index contributed by atoms with van der Waals surface area (Å²) in [6, 6.07) is 18.9. The highest BCUT2D eigenvalue weighted by molar-refractivity contribution is 5.31. The molecule has 0 radical (unpaired) electrons. The average molecular weight is 1410 g/mol. The SMILES string of the molecule is Oc1ccc(OCC(O)COCC(F)(F)OC(F)(F)C(F)(F)OC(F)(F)C(F)(F)COCc2cccc(COC(O)CCCC(O)OCc3cccc(COCC(F)(F)C(F)(F)C(F)(F)OC(F)(F)C(F)(F)OC(F)(F)COCC(O)COc4ccc(O)cc4)c3)c2)cc1. The van der Waals surface area contributed by atoms with Crippen LogP contribution in [0.3, 0.4) is 0 Å². The molecule has 0 bridgehead atoms. The molecule has 534 valence electrons. The van der Waals surface area contributed by atoms with E-state index in [2.05, 4.69) is 37.9 Å². The number of phenolic OH excluding ortho intramolecular Hbond substituents is 2. The molecule has 0 amide bonds. The second-order valence-electron chi connectivity index (χ2n) is 19.8. The van der Waals surface area contributed by atoms with Gasteiger partial charge >= 0.3 is 66.6 Å². The van der Waals surface area contributed by atoms with Crippen LogP contribution in [-0.2, 0) is 73.8 Å². The van der Waals surface area contributed by atoms with Gasteiger partial charge in [0.2, 0.25) is 0 Å². The molecular formula is C54H56F22O18. The van der Waals surface area contributed by atoms with Gasteiger partial charge in [-0.15, -0.1) is 0 Å². The molecule has 40 heteroatoms. The normalized spacial score (nSPS) is 15.0. The Hall–Kier alpha value is -6.02. The van der Waals surface area contributed by atoms with E-state index < -0.39 is 171 Å². The number of alkyl halides is 22. The summed E-state index contributed by atoms with van der Waals surface area (Å²) in [6.45, 7) is -16.8. The Morgan fingerprint density at radius 3 is 1.04 bits per heavy atom. The summed E-state index contributed by atoms with van der Waals surface area (Å²) in [5, 5.41) is 58.5. The Bertz CT molecular complexity index is 2900. The van der Waals surface area contributed by atoms with E-state index in [1.807, 2.05) is 0 Å². The maximum Gasteiger partial charge on any atom is 0.453 e. The van der Waals surface area contributed by atoms with Crippen molar-refractivity contribution in [2.75, 3.05) is 52.9 Å². The van der Waals surface area contributed by atoms with Crippen LogP contribution >= 0.6 is 0 Å². The van der Waals surface area contributed by atoms with Crippen molar-refractivity contribution in [2.45, 2.75) is 137 Å². The molecule has 0 fully saturated rings. The first-order valence-electron chi connectivity index (χ1n) is 26.4. The Kier molecular flexibility index (Phi) is 28.5. The molecule has 4 unspecified atom stereocenters. The van der Waals surface area contributed by atoms with Gasteiger partial charge in [0, 0.05) is 0 Å². The summed E-state index contributed by atoms with van der Waals surface area (Å²) in [4.78, 5) is 0. The second kappa shape index (κ2) is 33.3. The zero-order valence-corrected chi connectivity index (χ0v) is 47.6. The van der Waals surface area contributed by atoms with Crippen molar-refractivity contribution >= 4 is 0 Å². The van der Waals surface area contributed by atoms with Crippen LogP contribution < -0.4 is 9.47 Å². The minimum absolute atomic E-state index is 0.0146. The van der Waals surface area contributed by atoms with Crippen molar-refractivity contribution < 1.29 is 184 Å². The molecule has 0 saturated heterocycles. The van der Waals surface area contributed by atoms with E-state index in [-0.39, 0.29) is 64.5 Å². The minimum atomic E-state index is -7.28. The van der Waals surface area contributed by atoms with Crippen molar-refractivity contribution in [2.24, 2.45) is 0 Å². The molecule has 0 heterocycles. The number of benzene rings is 4. The minimum Gasteiger partial charge on any atom is -0.508 e. The predicted octanol–water partition coefficient (Wildman–Crippen LogP) is 11.3. The number of halogens is 22. The van der Waals surface area contributed by atoms with Gasteiger partial charge in [-0.05, 0) is 90.0 Å². The standard InChI is InChI=1S/C54H56F22O18/c55-44(56,48(63,64)50(67,68)94-54(75,76)52(71,72)92-47(61,62)31-86-25-39(80)27-88-41-16-12-37(78)13-17-41)28-83-20-32-4-1-6-34(18-32)22-89-42(81)8-3-9-43(82)90-23-35-7-2-5-33(19-35)21-84-29-45(57,58)49(65,66)93-53(73,74)51(69,70)91-46(59,60)30-85-24-38(79)26-87-40-14-10-36(77)11-15-40/h1-2,4-7,10-19,38-39,42-43,77-82H,3,8-9,20-31H2. The number of phenols is 2. The lowest BCUT2D eigenvalue weighted by Crippen LogP contribution is -2.62. The van der Waals surface area contributed by atoms with Crippen molar-refractivity contribution in [1.29, 1.82) is 0 Å². The Morgan fingerprint density at radius 1 is 0.340 bits per heavy atom. The van der Waals surface area contributed by atoms with E-state index in [0.29, 0.717) is 0 Å². The van der Waals surface area contributed by atoms with E-state index >= 15 is 0 Å². The molecule has 6 N–H and O–H groups in total. The summed E-state index contributed by atoms with van der Waals surface area (Å²) in [5.74, 6) is -19.5. The van der Waals surface area contributed by atoms with Crippen LogP contribution in [0, 0.1) is 0 Å². The van der Waals surface area contributed by atoms with Gasteiger partial charge in [0.1, 0.15) is 74.8 Å². The highest BCUT2D eigenvalue weighted by Gasteiger charge is 2.78. The molecule has 4 aromatic rings. The first-order valence-corrected chi connectivity index (χ1v) is 26.4. The number of aliphatic hydroxyl groups is 4. The molecule has 0 aliphatic rings. The lowest BCUT2D eigenvalue weighted by Gasteiger charge is -2.36.